The molecule has 1 aromatic rings. The van der Waals surface area contributed by atoms with Gasteiger partial charge in [0, 0.05) is 25.0 Å². The van der Waals surface area contributed by atoms with E-state index in [1.165, 1.54) is 5.56 Å². The van der Waals surface area contributed by atoms with Crippen molar-refractivity contribution >= 4 is 11.9 Å². The van der Waals surface area contributed by atoms with Gasteiger partial charge >= 0.3 is 0 Å². The van der Waals surface area contributed by atoms with Crippen LogP contribution in [0.5, 0.6) is 0 Å². The van der Waals surface area contributed by atoms with Crippen LogP contribution >= 0.6 is 0 Å². The van der Waals surface area contributed by atoms with Crippen LogP contribution < -0.4 is 21.7 Å². The molecule has 5 N–H and O–H groups in total. The fourth-order valence-electron chi connectivity index (χ4n) is 4.91. The summed E-state index contributed by atoms with van der Waals surface area (Å²) in [6.07, 6.45) is 10.4. The lowest BCUT2D eigenvalue weighted by Gasteiger charge is -2.42. The summed E-state index contributed by atoms with van der Waals surface area (Å²) < 4.78 is 0. The van der Waals surface area contributed by atoms with Crippen molar-refractivity contribution in [2.24, 2.45) is 10.7 Å². The maximum absolute atomic E-state index is 13.0. The van der Waals surface area contributed by atoms with Crippen molar-refractivity contribution in [3.8, 4) is 6.19 Å². The van der Waals surface area contributed by atoms with E-state index in [-0.39, 0.29) is 17.4 Å². The largest absolute Gasteiger partial charge is 0.354 e. The fourth-order valence-corrected chi connectivity index (χ4v) is 4.91. The number of rotatable bonds is 5. The molecular formula is C23H34N6O. The van der Waals surface area contributed by atoms with E-state index in [0.717, 1.165) is 57.8 Å². The topological polar surface area (TPSA) is 115 Å². The van der Waals surface area contributed by atoms with Crippen LogP contribution in [0.1, 0.15) is 63.4 Å². The molecule has 0 radical (unpaired) electrons. The number of nitriles is 1. The molecular weight excluding hydrogens is 376 g/mol. The van der Waals surface area contributed by atoms with Gasteiger partial charge in [-0.25, -0.2) is 0 Å². The van der Waals surface area contributed by atoms with Gasteiger partial charge in [-0.1, -0.05) is 49.6 Å². The Balaban J connectivity index is 1.68. The second kappa shape index (κ2) is 9.94. The molecule has 2 aliphatic rings. The number of nitrogens with zero attached hydrogens (tertiary/aromatic N) is 2. The zero-order chi connectivity index (χ0) is 21.5. The molecule has 7 heteroatoms. The van der Waals surface area contributed by atoms with Crippen molar-refractivity contribution in [3.63, 3.8) is 0 Å². The van der Waals surface area contributed by atoms with Gasteiger partial charge in [0.05, 0.1) is 5.54 Å². The third-order valence-electron chi connectivity index (χ3n) is 6.85. The third-order valence-corrected chi connectivity index (χ3v) is 6.85. The minimum atomic E-state index is -0.718. The molecule has 0 unspecified atom stereocenters. The summed E-state index contributed by atoms with van der Waals surface area (Å²) in [5.74, 6) is 0.502. The molecule has 7 nitrogen and oxygen atoms in total. The minimum Gasteiger partial charge on any atom is -0.354 e. The molecule has 2 saturated carbocycles. The standard InChI is InChI=1S/C23H34N6O/c1-26-21(28-17-24)29-19-10-14-22(15-11-19,18-8-4-2-5-9-18)16-27-20(30)23(25)12-6-3-7-13-23/h2,4-5,8-9,19H,3,6-7,10-16,25H2,1H3,(H,27,30)(H2,26,28,29). The number of aliphatic imine (C=N–C) groups is 1. The van der Waals surface area contributed by atoms with Gasteiger partial charge in [-0.3, -0.25) is 15.1 Å². The second-order valence-electron chi connectivity index (χ2n) is 8.77. The van der Waals surface area contributed by atoms with Crippen molar-refractivity contribution in [1.29, 1.82) is 5.26 Å². The highest BCUT2D eigenvalue weighted by Crippen LogP contribution is 2.39. The van der Waals surface area contributed by atoms with Gasteiger partial charge in [-0.2, -0.15) is 5.26 Å². The lowest BCUT2D eigenvalue weighted by atomic mass is 9.68. The van der Waals surface area contributed by atoms with Crippen LogP contribution in [0.2, 0.25) is 0 Å². The number of benzene rings is 1. The Kier molecular flexibility index (Phi) is 7.33. The monoisotopic (exact) mass is 410 g/mol. The Morgan fingerprint density at radius 2 is 1.83 bits per heavy atom. The van der Waals surface area contributed by atoms with E-state index >= 15 is 0 Å². The van der Waals surface area contributed by atoms with Crippen LogP contribution in [0.15, 0.2) is 35.3 Å². The van der Waals surface area contributed by atoms with E-state index in [1.807, 2.05) is 12.3 Å². The first-order chi connectivity index (χ1) is 14.5. The molecule has 162 valence electrons. The molecule has 0 spiro atoms. The zero-order valence-electron chi connectivity index (χ0n) is 17.9. The molecule has 0 saturated heterocycles. The van der Waals surface area contributed by atoms with Crippen LogP contribution in [-0.4, -0.2) is 37.0 Å². The average molecular weight is 411 g/mol. The van der Waals surface area contributed by atoms with E-state index in [2.05, 4.69) is 45.2 Å². The second-order valence-corrected chi connectivity index (χ2v) is 8.77. The predicted octanol–water partition coefficient (Wildman–Crippen LogP) is 2.29. The zero-order valence-corrected chi connectivity index (χ0v) is 17.9. The summed E-state index contributed by atoms with van der Waals surface area (Å²) in [4.78, 5) is 17.0. The van der Waals surface area contributed by atoms with Crippen LogP contribution in [0.3, 0.4) is 0 Å². The van der Waals surface area contributed by atoms with Gasteiger partial charge in [-0.05, 0) is 44.1 Å². The predicted molar refractivity (Wildman–Crippen MR) is 119 cm³/mol. The van der Waals surface area contributed by atoms with Gasteiger partial charge in [0.25, 0.3) is 0 Å². The molecule has 0 heterocycles. The maximum Gasteiger partial charge on any atom is 0.240 e. The Hall–Kier alpha value is -2.59. The molecule has 0 aromatic heterocycles. The van der Waals surface area contributed by atoms with Gasteiger partial charge in [0.2, 0.25) is 11.9 Å². The first kappa shape index (κ1) is 22.1. The molecule has 3 rings (SSSR count). The first-order valence-corrected chi connectivity index (χ1v) is 11.0. The minimum absolute atomic E-state index is 0.00335. The van der Waals surface area contributed by atoms with E-state index < -0.39 is 5.54 Å². The van der Waals surface area contributed by atoms with E-state index in [0.29, 0.717) is 12.5 Å². The average Bonchev–Trinajstić information content (AvgIpc) is 2.79. The molecule has 1 aromatic carbocycles. The van der Waals surface area contributed by atoms with E-state index in [1.54, 1.807) is 7.05 Å². The highest BCUT2D eigenvalue weighted by Gasteiger charge is 2.40. The maximum atomic E-state index is 13.0. The summed E-state index contributed by atoms with van der Waals surface area (Å²) in [6.45, 7) is 0.604. The molecule has 0 bridgehead atoms. The number of carbonyl (C=O) groups excluding carboxylic acids is 1. The summed E-state index contributed by atoms with van der Waals surface area (Å²) in [5.41, 5.74) is 6.89. The van der Waals surface area contributed by atoms with E-state index in [4.69, 9.17) is 11.0 Å². The SMILES string of the molecule is CN=C(NC#N)NC1CCC(CNC(=O)C2(N)CCCCC2)(c2ccccc2)CC1. The molecule has 30 heavy (non-hydrogen) atoms. The smallest absolute Gasteiger partial charge is 0.240 e. The van der Waals surface area contributed by atoms with Crippen molar-refractivity contribution < 1.29 is 4.79 Å². The van der Waals surface area contributed by atoms with Crippen molar-refractivity contribution in [1.82, 2.24) is 16.0 Å². The lowest BCUT2D eigenvalue weighted by molar-refractivity contribution is -0.127. The number of carbonyl (C=O) groups is 1. The van der Waals surface area contributed by atoms with Crippen molar-refractivity contribution in [2.45, 2.75) is 74.8 Å². The summed E-state index contributed by atoms with van der Waals surface area (Å²) in [6, 6.07) is 10.7. The van der Waals surface area contributed by atoms with E-state index in [9.17, 15) is 4.79 Å². The number of hydrogen-bond donors (Lipinski definition) is 4. The Morgan fingerprint density at radius 1 is 1.17 bits per heavy atom. The molecule has 0 aliphatic heterocycles. The highest BCUT2D eigenvalue weighted by atomic mass is 16.2. The number of amides is 1. The Morgan fingerprint density at radius 3 is 2.43 bits per heavy atom. The van der Waals surface area contributed by atoms with Crippen LogP contribution in [0.25, 0.3) is 0 Å². The number of nitrogens with two attached hydrogens (primary N) is 1. The van der Waals surface area contributed by atoms with Gasteiger partial charge in [0.15, 0.2) is 6.19 Å². The number of hydrogen-bond acceptors (Lipinski definition) is 4. The third kappa shape index (κ3) is 5.11. The van der Waals surface area contributed by atoms with Crippen LogP contribution in [0, 0.1) is 11.5 Å². The fraction of sp³-hybridized carbons (Fsp3) is 0.609. The van der Waals surface area contributed by atoms with Crippen molar-refractivity contribution in [2.75, 3.05) is 13.6 Å². The normalized spacial score (nSPS) is 26.3. The molecule has 2 aliphatic carbocycles. The molecule has 2 fully saturated rings. The van der Waals surface area contributed by atoms with Gasteiger partial charge in [-0.15, -0.1) is 0 Å². The Bertz CT molecular complexity index is 771. The Labute approximate surface area is 179 Å². The highest BCUT2D eigenvalue weighted by molar-refractivity contribution is 5.86. The quantitative estimate of drug-likeness (QED) is 0.257. The van der Waals surface area contributed by atoms with Gasteiger partial charge in [0.1, 0.15) is 0 Å². The number of guanidine groups is 1. The summed E-state index contributed by atoms with van der Waals surface area (Å²) >= 11 is 0. The summed E-state index contributed by atoms with van der Waals surface area (Å²) in [5, 5.41) is 18.0. The summed E-state index contributed by atoms with van der Waals surface area (Å²) in [7, 11) is 1.66. The van der Waals surface area contributed by atoms with Crippen LogP contribution in [-0.2, 0) is 10.2 Å². The first-order valence-electron chi connectivity index (χ1n) is 11.0. The van der Waals surface area contributed by atoms with Gasteiger partial charge < -0.3 is 16.4 Å². The number of nitrogens with one attached hydrogen (secondary N) is 3. The molecule has 0 atom stereocenters. The van der Waals surface area contributed by atoms with Crippen LogP contribution in [0.4, 0.5) is 0 Å². The van der Waals surface area contributed by atoms with Crippen molar-refractivity contribution in [3.05, 3.63) is 35.9 Å². The molecule has 1 amide bonds. The lowest BCUT2D eigenvalue weighted by Crippen LogP contribution is -2.57.